The number of ether oxygens (including phenoxy) is 4. The molecule has 8 N–H and O–H groups in total. The van der Waals surface area contributed by atoms with Crippen LogP contribution in [0.3, 0.4) is 0 Å². The predicted octanol–water partition coefficient (Wildman–Crippen LogP) is 4.18. The summed E-state index contributed by atoms with van der Waals surface area (Å²) in [5.41, 5.74) is 4.46. The lowest BCUT2D eigenvalue weighted by atomic mass is 9.83. The van der Waals surface area contributed by atoms with E-state index in [1.54, 1.807) is 62.4 Å². The highest BCUT2D eigenvalue weighted by Gasteiger charge is 2.39. The average Bonchev–Trinajstić information content (AvgIpc) is 3.24. The maximum absolute atomic E-state index is 14.4. The van der Waals surface area contributed by atoms with Crippen molar-refractivity contribution in [3.63, 3.8) is 0 Å². The first-order valence-electron chi connectivity index (χ1n) is 24.8. The number of hydrogen-bond acceptors (Lipinski definition) is 13. The molecule has 20 nitrogen and oxygen atoms in total. The summed E-state index contributed by atoms with van der Waals surface area (Å²) in [4.78, 5) is 102. The summed E-state index contributed by atoms with van der Waals surface area (Å²) in [5.74, 6) is -3.68. The van der Waals surface area contributed by atoms with Crippen LogP contribution < -0.4 is 37.6 Å². The normalized spacial score (nSPS) is 24.6. The van der Waals surface area contributed by atoms with Gasteiger partial charge in [0.15, 0.2) is 0 Å². The highest BCUT2D eigenvalue weighted by Crippen LogP contribution is 2.28. The van der Waals surface area contributed by atoms with Gasteiger partial charge in [0, 0.05) is 32.8 Å². The van der Waals surface area contributed by atoms with E-state index in [-0.39, 0.29) is 63.0 Å². The number of nitrogens with two attached hydrogens (primary N) is 1. The van der Waals surface area contributed by atoms with Gasteiger partial charge in [0.2, 0.25) is 35.5 Å². The first-order valence-corrected chi connectivity index (χ1v) is 24.8. The van der Waals surface area contributed by atoms with E-state index in [4.69, 9.17) is 24.7 Å². The van der Waals surface area contributed by atoms with Crippen molar-refractivity contribution in [3.8, 4) is 0 Å². The summed E-state index contributed by atoms with van der Waals surface area (Å²) in [6, 6.07) is -5.01. The van der Waals surface area contributed by atoms with Crippen molar-refractivity contribution in [2.75, 3.05) is 40.0 Å². The molecule has 7 amide bonds. The second kappa shape index (κ2) is 29.5. The monoisotopic (exact) mass is 966 g/mol. The van der Waals surface area contributed by atoms with Crippen LogP contribution in [0.1, 0.15) is 153 Å². The summed E-state index contributed by atoms with van der Waals surface area (Å²) in [6.45, 7) is 19.2. The molecule has 0 aromatic carbocycles. The molecule has 390 valence electrons. The Balaban J connectivity index is 2.44. The topological polar surface area (TPSA) is 270 Å². The maximum atomic E-state index is 14.4. The molecule has 7 atom stereocenters. The molecule has 0 aromatic rings. The van der Waals surface area contributed by atoms with Gasteiger partial charge in [0.25, 0.3) is 0 Å². The number of likely N-dealkylation sites (N-methyl/N-ethyl adjacent to an activating group) is 1. The Labute approximate surface area is 405 Å². The SMILES string of the molecule is CCCCCC[C@H]1OC[C@@H](C)NC(=O)[C@H](COCCCN=C(NC(=O)OC(C)(C)C)NC(=O)OC(C)(C)C)NC(=O)[C@H](CN)NC(=O)[C@H](C2CCCCC2)NC(=O)[C@H](CC(C)C)N(C)C(=O)[C@@H]1C. The molecule has 0 spiro atoms. The molecule has 68 heavy (non-hydrogen) atoms. The van der Waals surface area contributed by atoms with Crippen LogP contribution in [-0.4, -0.2) is 140 Å². The van der Waals surface area contributed by atoms with E-state index < -0.39 is 89.2 Å². The van der Waals surface area contributed by atoms with E-state index >= 15 is 0 Å². The molecule has 1 aliphatic carbocycles. The molecule has 2 rings (SSSR count). The molecule has 1 aliphatic heterocycles. The molecule has 1 heterocycles. The number of unbranched alkanes of at least 4 members (excludes halogenated alkanes) is 3. The molecule has 2 aliphatic rings. The molecule has 1 saturated carbocycles. The van der Waals surface area contributed by atoms with Crippen molar-refractivity contribution in [1.29, 1.82) is 0 Å². The van der Waals surface area contributed by atoms with Gasteiger partial charge in [-0.05, 0) is 92.4 Å². The van der Waals surface area contributed by atoms with E-state index in [9.17, 15) is 33.6 Å². The molecule has 1 saturated heterocycles. The number of aliphatic imine (C=N–C) groups is 1. The van der Waals surface area contributed by atoms with Crippen LogP contribution in [0.5, 0.6) is 0 Å². The third-order valence-corrected chi connectivity index (χ3v) is 11.5. The fraction of sp³-hybridized carbons (Fsp3) is 0.833. The Morgan fingerprint density at radius 1 is 0.809 bits per heavy atom. The summed E-state index contributed by atoms with van der Waals surface area (Å²) < 4.78 is 22.9. The second-order valence-electron chi connectivity index (χ2n) is 20.7. The number of carbonyl (C=O) groups excluding carboxylic acids is 7. The van der Waals surface area contributed by atoms with Gasteiger partial charge in [-0.2, -0.15) is 0 Å². The van der Waals surface area contributed by atoms with Crippen LogP contribution in [0, 0.1) is 17.8 Å². The van der Waals surface area contributed by atoms with E-state index in [0.29, 0.717) is 25.7 Å². The zero-order valence-corrected chi connectivity index (χ0v) is 43.2. The summed E-state index contributed by atoms with van der Waals surface area (Å²) >= 11 is 0. The third kappa shape index (κ3) is 22.7. The zero-order chi connectivity index (χ0) is 51.2. The molecule has 0 bridgehead atoms. The maximum Gasteiger partial charge on any atom is 0.414 e. The molecule has 2 fully saturated rings. The molecule has 0 radical (unpaired) electrons. The van der Waals surface area contributed by atoms with Crippen LogP contribution in [0.15, 0.2) is 4.99 Å². The van der Waals surface area contributed by atoms with E-state index in [2.05, 4.69) is 43.8 Å². The van der Waals surface area contributed by atoms with Crippen molar-refractivity contribution in [2.24, 2.45) is 28.5 Å². The van der Waals surface area contributed by atoms with Crippen LogP contribution in [0.25, 0.3) is 0 Å². The van der Waals surface area contributed by atoms with Crippen molar-refractivity contribution in [1.82, 2.24) is 36.8 Å². The van der Waals surface area contributed by atoms with Gasteiger partial charge in [-0.1, -0.05) is 72.6 Å². The fourth-order valence-electron chi connectivity index (χ4n) is 7.96. The third-order valence-electron chi connectivity index (χ3n) is 11.5. The van der Waals surface area contributed by atoms with Gasteiger partial charge >= 0.3 is 12.2 Å². The largest absolute Gasteiger partial charge is 0.444 e. The Kier molecular flexibility index (Phi) is 25.8. The number of nitrogens with zero attached hydrogens (tertiary/aromatic N) is 2. The smallest absolute Gasteiger partial charge is 0.414 e. The minimum absolute atomic E-state index is 0.0334. The Morgan fingerprint density at radius 3 is 1.96 bits per heavy atom. The number of carbonyl (C=O) groups is 7. The van der Waals surface area contributed by atoms with Gasteiger partial charge in [0.1, 0.15) is 35.4 Å². The highest BCUT2D eigenvalue weighted by atomic mass is 16.6. The van der Waals surface area contributed by atoms with Crippen molar-refractivity contribution < 1.29 is 52.5 Å². The number of rotatable bonds is 15. The standard InChI is InChI=1S/C48H87N9O11/c1-13-14-15-19-23-37-32(5)43(62)57(12)36(26-30(2)3)41(60)54-38(33-21-17-16-18-22-33)42(61)52-34(27-49)39(58)53-35(40(59)51-31(4)28-66-37)29-65-25-20-24-50-44(55-45(63)67-47(6,7)8)56-46(64)68-48(9,10)11/h30-38H,13-29,49H2,1-12H3,(H,51,59)(H,52,61)(H,53,58)(H,54,60)(H2,50,55,56,63,64)/t31-,32-,34+,35+,36+,37-,38+/m1/s1. The minimum atomic E-state index is -1.28. The van der Waals surface area contributed by atoms with E-state index in [1.165, 1.54) is 4.90 Å². The van der Waals surface area contributed by atoms with E-state index in [0.717, 1.165) is 44.9 Å². The number of alkyl carbamates (subject to hydrolysis) is 2. The second-order valence-corrected chi connectivity index (χ2v) is 20.7. The van der Waals surface area contributed by atoms with Gasteiger partial charge in [0.05, 0.1) is 25.2 Å². The molecule has 0 aromatic heterocycles. The van der Waals surface area contributed by atoms with Crippen LogP contribution >= 0.6 is 0 Å². The molecule has 20 heteroatoms. The van der Waals surface area contributed by atoms with Gasteiger partial charge < -0.3 is 50.8 Å². The lowest BCUT2D eigenvalue weighted by Gasteiger charge is -2.36. The van der Waals surface area contributed by atoms with E-state index in [1.807, 2.05) is 13.8 Å². The van der Waals surface area contributed by atoms with Gasteiger partial charge in [-0.25, -0.2) is 9.59 Å². The Morgan fingerprint density at radius 2 is 1.40 bits per heavy atom. The van der Waals surface area contributed by atoms with Crippen LogP contribution in [-0.2, 0) is 42.9 Å². The predicted molar refractivity (Wildman–Crippen MR) is 259 cm³/mol. The molecular formula is C48H87N9O11. The number of hydrogen-bond donors (Lipinski definition) is 7. The minimum Gasteiger partial charge on any atom is -0.444 e. The fourth-order valence-corrected chi connectivity index (χ4v) is 7.96. The number of guanidine groups is 1. The summed E-state index contributed by atoms with van der Waals surface area (Å²) in [7, 11) is 1.62. The number of nitrogens with one attached hydrogen (secondary N) is 6. The van der Waals surface area contributed by atoms with Crippen molar-refractivity contribution >= 4 is 47.7 Å². The quantitative estimate of drug-likeness (QED) is 0.0693. The zero-order valence-electron chi connectivity index (χ0n) is 43.2. The Hall–Kier alpha value is -4.56. The van der Waals surface area contributed by atoms with Crippen molar-refractivity contribution in [2.45, 2.75) is 201 Å². The first-order chi connectivity index (χ1) is 31.8. The lowest BCUT2D eigenvalue weighted by Crippen LogP contribution is -2.62. The summed E-state index contributed by atoms with van der Waals surface area (Å²) in [5, 5.41) is 16.2. The van der Waals surface area contributed by atoms with Crippen molar-refractivity contribution in [3.05, 3.63) is 0 Å². The summed E-state index contributed by atoms with van der Waals surface area (Å²) in [6.07, 6.45) is 6.88. The average molecular weight is 966 g/mol. The van der Waals surface area contributed by atoms with Crippen LogP contribution in [0.4, 0.5) is 9.59 Å². The van der Waals surface area contributed by atoms with Gasteiger partial charge in [-0.3, -0.25) is 39.6 Å². The highest BCUT2D eigenvalue weighted by molar-refractivity contribution is 6.01. The Bertz CT molecular complexity index is 1630. The number of amides is 7. The van der Waals surface area contributed by atoms with Gasteiger partial charge in [-0.15, -0.1) is 0 Å². The first kappa shape index (κ1) is 59.6. The van der Waals surface area contributed by atoms with Crippen LogP contribution in [0.2, 0.25) is 0 Å². The molecular weight excluding hydrogens is 879 g/mol. The molecule has 0 unspecified atom stereocenters. The lowest BCUT2D eigenvalue weighted by molar-refractivity contribution is -0.147.